The summed E-state index contributed by atoms with van der Waals surface area (Å²) >= 11 is 8.76. The molecule has 0 aliphatic rings. The molecule has 0 amide bonds. The molecule has 0 atom stereocenters. The average molecular weight is 233 g/mol. The van der Waals surface area contributed by atoms with E-state index in [0.29, 0.717) is 10.0 Å². The Hall–Kier alpha value is -0.240. The number of thioether (sulfide) groups is 1. The van der Waals surface area contributed by atoms with Crippen LogP contribution in [0.2, 0.25) is 5.15 Å². The van der Waals surface area contributed by atoms with Crippen molar-refractivity contribution in [2.45, 2.75) is 24.1 Å². The third-order valence-corrected chi connectivity index (χ3v) is 3.97. The Morgan fingerprint density at radius 2 is 2.46 bits per heavy atom. The van der Waals surface area contributed by atoms with Gasteiger partial charge in [0.05, 0.1) is 0 Å². The normalized spacial score (nSPS) is 9.92. The molecule has 0 fully saturated rings. The molecule has 1 aromatic rings. The molecule has 5 heteroatoms. The molecule has 70 valence electrons. The lowest BCUT2D eigenvalue weighted by atomic mass is 10.4. The van der Waals surface area contributed by atoms with E-state index in [2.05, 4.69) is 11.9 Å². The third-order valence-electron chi connectivity index (χ3n) is 1.39. The third kappa shape index (κ3) is 3.18. The Bertz CT molecular complexity index is 316. The molecular weight excluding hydrogens is 224 g/mol. The number of rotatable bonds is 4. The molecule has 0 aliphatic heterocycles. The highest BCUT2D eigenvalue weighted by Crippen LogP contribution is 2.29. The first-order valence-electron chi connectivity index (χ1n) is 3.97. The molecule has 0 radical (unpaired) electrons. The largest absolute Gasteiger partial charge is 0.216 e. The van der Waals surface area contributed by atoms with Crippen LogP contribution in [0.5, 0.6) is 0 Å². The maximum absolute atomic E-state index is 8.63. The number of hydrogen-bond donors (Lipinski definition) is 0. The Balaban J connectivity index is 2.54. The molecule has 0 saturated heterocycles. The van der Waals surface area contributed by atoms with Gasteiger partial charge in [0, 0.05) is 5.75 Å². The lowest BCUT2D eigenvalue weighted by molar-refractivity contribution is 0.896. The second-order valence-corrected chi connectivity index (χ2v) is 5.11. The van der Waals surface area contributed by atoms with Crippen molar-refractivity contribution in [3.63, 3.8) is 0 Å². The summed E-state index contributed by atoms with van der Waals surface area (Å²) in [7, 11) is 0. The van der Waals surface area contributed by atoms with Crippen LogP contribution in [0.1, 0.15) is 24.6 Å². The zero-order valence-electron chi connectivity index (χ0n) is 7.21. The summed E-state index contributed by atoms with van der Waals surface area (Å²) < 4.78 is 0.898. The van der Waals surface area contributed by atoms with Crippen molar-refractivity contribution in [3.8, 4) is 6.07 Å². The molecule has 0 spiro atoms. The fourth-order valence-electron chi connectivity index (χ4n) is 0.718. The topological polar surface area (TPSA) is 36.7 Å². The number of hydrogen-bond acceptors (Lipinski definition) is 4. The zero-order valence-corrected chi connectivity index (χ0v) is 9.60. The van der Waals surface area contributed by atoms with Crippen LogP contribution in [0.3, 0.4) is 0 Å². The molecule has 2 nitrogen and oxygen atoms in total. The zero-order chi connectivity index (χ0) is 9.68. The van der Waals surface area contributed by atoms with Crippen molar-refractivity contribution in [1.82, 2.24) is 4.98 Å². The summed E-state index contributed by atoms with van der Waals surface area (Å²) in [6.07, 6.45) is 2.35. The van der Waals surface area contributed by atoms with Gasteiger partial charge in [-0.05, 0) is 6.42 Å². The van der Waals surface area contributed by atoms with Crippen LogP contribution in [0.15, 0.2) is 4.34 Å². The van der Waals surface area contributed by atoms with Crippen molar-refractivity contribution >= 4 is 34.7 Å². The van der Waals surface area contributed by atoms with Crippen molar-refractivity contribution in [1.29, 1.82) is 5.26 Å². The van der Waals surface area contributed by atoms with Gasteiger partial charge in [0.15, 0.2) is 9.49 Å². The van der Waals surface area contributed by atoms with E-state index in [1.54, 1.807) is 11.8 Å². The molecule has 1 heterocycles. The molecule has 0 bridgehead atoms. The number of nitrogens with zero attached hydrogens (tertiary/aromatic N) is 2. The minimum absolute atomic E-state index is 0.339. The smallest absolute Gasteiger partial charge is 0.159 e. The van der Waals surface area contributed by atoms with Gasteiger partial charge in [-0.25, -0.2) is 4.98 Å². The molecule has 0 unspecified atom stereocenters. The predicted octanol–water partition coefficient (Wildman–Crippen LogP) is 3.56. The van der Waals surface area contributed by atoms with Gasteiger partial charge in [-0.15, -0.1) is 0 Å². The second kappa shape index (κ2) is 5.48. The average Bonchev–Trinajstić information content (AvgIpc) is 2.47. The highest BCUT2D eigenvalue weighted by molar-refractivity contribution is 8.01. The molecular formula is C8H9ClN2S2. The standard InChI is InChI=1S/C8H9ClN2S2/c1-2-3-4-12-8-11-7(9)6(5-10)13-8/h2-4H2,1H3. The van der Waals surface area contributed by atoms with Gasteiger partial charge in [0.2, 0.25) is 0 Å². The molecule has 0 aromatic carbocycles. The van der Waals surface area contributed by atoms with E-state index in [4.69, 9.17) is 16.9 Å². The molecule has 1 aromatic heterocycles. The number of nitriles is 1. The molecule has 0 N–H and O–H groups in total. The first kappa shape index (κ1) is 10.8. The van der Waals surface area contributed by atoms with Crippen LogP contribution in [-0.4, -0.2) is 10.7 Å². The number of aromatic nitrogens is 1. The summed E-state index contributed by atoms with van der Waals surface area (Å²) in [6.45, 7) is 2.15. The maximum Gasteiger partial charge on any atom is 0.159 e. The molecule has 0 aliphatic carbocycles. The Labute approximate surface area is 90.9 Å². The quantitative estimate of drug-likeness (QED) is 0.588. The van der Waals surface area contributed by atoms with Crippen molar-refractivity contribution in [2.24, 2.45) is 0 Å². The first-order valence-corrected chi connectivity index (χ1v) is 6.15. The van der Waals surface area contributed by atoms with Crippen molar-refractivity contribution in [2.75, 3.05) is 5.75 Å². The van der Waals surface area contributed by atoms with Crippen LogP contribution >= 0.6 is 34.7 Å². The van der Waals surface area contributed by atoms with Gasteiger partial charge in [-0.3, -0.25) is 0 Å². The van der Waals surface area contributed by atoms with E-state index >= 15 is 0 Å². The van der Waals surface area contributed by atoms with E-state index in [1.165, 1.54) is 24.2 Å². The van der Waals surface area contributed by atoms with Crippen LogP contribution in [-0.2, 0) is 0 Å². The van der Waals surface area contributed by atoms with Gasteiger partial charge in [-0.2, -0.15) is 5.26 Å². The van der Waals surface area contributed by atoms with E-state index in [1.807, 2.05) is 6.07 Å². The molecule has 13 heavy (non-hydrogen) atoms. The van der Waals surface area contributed by atoms with Gasteiger partial charge in [0.1, 0.15) is 10.9 Å². The summed E-state index contributed by atoms with van der Waals surface area (Å²) in [4.78, 5) is 4.59. The SMILES string of the molecule is CCCCSc1nc(Cl)c(C#N)s1. The van der Waals surface area contributed by atoms with Crippen molar-refractivity contribution < 1.29 is 0 Å². The molecule has 0 saturated carbocycles. The fraction of sp³-hybridized carbons (Fsp3) is 0.500. The van der Waals surface area contributed by atoms with Gasteiger partial charge < -0.3 is 0 Å². The van der Waals surface area contributed by atoms with Gasteiger partial charge >= 0.3 is 0 Å². The number of unbranched alkanes of at least 4 members (excludes halogenated alkanes) is 1. The highest BCUT2D eigenvalue weighted by Gasteiger charge is 2.07. The lowest BCUT2D eigenvalue weighted by Crippen LogP contribution is -1.76. The first-order chi connectivity index (χ1) is 6.27. The van der Waals surface area contributed by atoms with E-state index < -0.39 is 0 Å². The summed E-state index contributed by atoms with van der Waals surface area (Å²) in [6, 6.07) is 2.02. The Kier molecular flexibility index (Phi) is 4.57. The highest BCUT2D eigenvalue weighted by atomic mass is 35.5. The fourth-order valence-corrected chi connectivity index (χ4v) is 3.05. The molecule has 1 rings (SSSR count). The van der Waals surface area contributed by atoms with E-state index in [0.717, 1.165) is 10.1 Å². The van der Waals surface area contributed by atoms with Crippen LogP contribution in [0, 0.1) is 11.3 Å². The van der Waals surface area contributed by atoms with E-state index in [9.17, 15) is 0 Å². The number of halogens is 1. The minimum atomic E-state index is 0.339. The van der Waals surface area contributed by atoms with E-state index in [-0.39, 0.29) is 0 Å². The second-order valence-electron chi connectivity index (χ2n) is 2.41. The summed E-state index contributed by atoms with van der Waals surface area (Å²) in [5.74, 6) is 1.05. The van der Waals surface area contributed by atoms with Gasteiger partial charge in [0.25, 0.3) is 0 Å². The monoisotopic (exact) mass is 232 g/mol. The maximum atomic E-state index is 8.63. The van der Waals surface area contributed by atoms with Crippen LogP contribution in [0.4, 0.5) is 0 Å². The summed E-state index contributed by atoms with van der Waals surface area (Å²) in [5, 5.41) is 8.97. The lowest BCUT2D eigenvalue weighted by Gasteiger charge is -1.92. The summed E-state index contributed by atoms with van der Waals surface area (Å²) in [5.41, 5.74) is 0. The van der Waals surface area contributed by atoms with Gasteiger partial charge in [-0.1, -0.05) is 48.0 Å². The van der Waals surface area contributed by atoms with Crippen LogP contribution in [0.25, 0.3) is 0 Å². The predicted molar refractivity (Wildman–Crippen MR) is 57.5 cm³/mol. The van der Waals surface area contributed by atoms with Crippen molar-refractivity contribution in [3.05, 3.63) is 10.0 Å². The minimum Gasteiger partial charge on any atom is -0.216 e. The number of thiazole rings is 1. The Morgan fingerprint density at radius 3 is 3.00 bits per heavy atom. The Morgan fingerprint density at radius 1 is 1.69 bits per heavy atom. The van der Waals surface area contributed by atoms with Crippen LogP contribution < -0.4 is 0 Å².